The first-order chi connectivity index (χ1) is 12.0. The molecule has 0 atom stereocenters. The SMILES string of the molecule is Cc1cc(N2CCOCC2)nc(CNC(=O)c2ccc(Cl)cc2Cl)n1. The van der Waals surface area contributed by atoms with E-state index in [-0.39, 0.29) is 12.5 Å². The summed E-state index contributed by atoms with van der Waals surface area (Å²) in [6, 6.07) is 6.70. The van der Waals surface area contributed by atoms with Gasteiger partial charge in [-0.3, -0.25) is 4.79 Å². The van der Waals surface area contributed by atoms with Gasteiger partial charge in [0.2, 0.25) is 0 Å². The fourth-order valence-electron chi connectivity index (χ4n) is 2.57. The predicted octanol–water partition coefficient (Wildman–Crippen LogP) is 2.86. The Bertz CT molecular complexity index is 779. The van der Waals surface area contributed by atoms with Crippen molar-refractivity contribution in [3.63, 3.8) is 0 Å². The van der Waals surface area contributed by atoms with Gasteiger partial charge in [-0.05, 0) is 25.1 Å². The average molecular weight is 381 g/mol. The Kier molecular flexibility index (Phi) is 5.73. The van der Waals surface area contributed by atoms with Crippen LogP contribution in [0, 0.1) is 6.92 Å². The molecule has 2 aromatic rings. The number of carbonyl (C=O) groups excluding carboxylic acids is 1. The number of hydrogen-bond acceptors (Lipinski definition) is 5. The van der Waals surface area contributed by atoms with E-state index in [0.717, 1.165) is 24.6 Å². The lowest BCUT2D eigenvalue weighted by atomic mass is 10.2. The number of aromatic nitrogens is 2. The number of anilines is 1. The van der Waals surface area contributed by atoms with Crippen LogP contribution in [0.15, 0.2) is 24.3 Å². The zero-order valence-corrected chi connectivity index (χ0v) is 15.3. The van der Waals surface area contributed by atoms with E-state index >= 15 is 0 Å². The van der Waals surface area contributed by atoms with E-state index in [9.17, 15) is 4.79 Å². The highest BCUT2D eigenvalue weighted by molar-refractivity contribution is 6.36. The van der Waals surface area contributed by atoms with Crippen molar-refractivity contribution < 1.29 is 9.53 Å². The monoisotopic (exact) mass is 380 g/mol. The Morgan fingerprint density at radius 3 is 2.72 bits per heavy atom. The van der Waals surface area contributed by atoms with Crippen LogP contribution in [0.25, 0.3) is 0 Å². The number of benzene rings is 1. The van der Waals surface area contributed by atoms with E-state index < -0.39 is 0 Å². The number of amides is 1. The van der Waals surface area contributed by atoms with Gasteiger partial charge in [-0.25, -0.2) is 9.97 Å². The molecule has 2 heterocycles. The molecule has 1 aliphatic rings. The maximum Gasteiger partial charge on any atom is 0.253 e. The highest BCUT2D eigenvalue weighted by Gasteiger charge is 2.15. The van der Waals surface area contributed by atoms with Crippen molar-refractivity contribution in [1.82, 2.24) is 15.3 Å². The zero-order chi connectivity index (χ0) is 17.8. The van der Waals surface area contributed by atoms with Crippen molar-refractivity contribution in [2.75, 3.05) is 31.2 Å². The normalized spacial score (nSPS) is 14.4. The summed E-state index contributed by atoms with van der Waals surface area (Å²) < 4.78 is 5.37. The van der Waals surface area contributed by atoms with Crippen LogP contribution in [0.4, 0.5) is 5.82 Å². The van der Waals surface area contributed by atoms with Gasteiger partial charge >= 0.3 is 0 Å². The minimum atomic E-state index is -0.292. The molecule has 1 aliphatic heterocycles. The molecule has 0 saturated carbocycles. The van der Waals surface area contributed by atoms with Crippen LogP contribution < -0.4 is 10.2 Å². The number of nitrogens with one attached hydrogen (secondary N) is 1. The van der Waals surface area contributed by atoms with Gasteiger partial charge in [-0.15, -0.1) is 0 Å². The van der Waals surface area contributed by atoms with E-state index in [1.54, 1.807) is 12.1 Å². The first-order valence-corrected chi connectivity index (χ1v) is 8.69. The number of nitrogens with zero attached hydrogens (tertiary/aromatic N) is 3. The van der Waals surface area contributed by atoms with Gasteiger partial charge in [0.15, 0.2) is 0 Å². The molecule has 1 saturated heterocycles. The van der Waals surface area contributed by atoms with Crippen molar-refractivity contribution in [2.45, 2.75) is 13.5 Å². The highest BCUT2D eigenvalue weighted by atomic mass is 35.5. The molecular weight excluding hydrogens is 363 g/mol. The molecule has 1 amide bonds. The van der Waals surface area contributed by atoms with E-state index in [2.05, 4.69) is 20.2 Å². The molecule has 1 aromatic heterocycles. The number of carbonyl (C=O) groups is 1. The summed E-state index contributed by atoms with van der Waals surface area (Å²) in [5.41, 5.74) is 1.22. The van der Waals surface area contributed by atoms with Crippen LogP contribution >= 0.6 is 23.2 Å². The van der Waals surface area contributed by atoms with Crippen LogP contribution in [0.5, 0.6) is 0 Å². The third kappa shape index (κ3) is 4.60. The Labute approximate surface area is 156 Å². The van der Waals surface area contributed by atoms with E-state index in [1.807, 2.05) is 13.0 Å². The molecule has 1 N–H and O–H groups in total. The number of halogens is 2. The van der Waals surface area contributed by atoms with Crippen LogP contribution in [-0.4, -0.2) is 42.2 Å². The van der Waals surface area contributed by atoms with Gasteiger partial charge in [0.25, 0.3) is 5.91 Å². The van der Waals surface area contributed by atoms with Gasteiger partial charge < -0.3 is 15.0 Å². The first kappa shape index (κ1) is 17.9. The van der Waals surface area contributed by atoms with Crippen molar-refractivity contribution in [1.29, 1.82) is 0 Å². The number of aryl methyl sites for hydroxylation is 1. The van der Waals surface area contributed by atoms with Crippen molar-refractivity contribution in [2.24, 2.45) is 0 Å². The van der Waals surface area contributed by atoms with Gasteiger partial charge in [-0.2, -0.15) is 0 Å². The topological polar surface area (TPSA) is 67.3 Å². The Hall–Kier alpha value is -1.89. The fourth-order valence-corrected chi connectivity index (χ4v) is 3.07. The molecular formula is C17H18Cl2N4O2. The van der Waals surface area contributed by atoms with Crippen LogP contribution in [0.1, 0.15) is 21.9 Å². The Morgan fingerprint density at radius 2 is 2.00 bits per heavy atom. The number of rotatable bonds is 4. The highest BCUT2D eigenvalue weighted by Crippen LogP contribution is 2.21. The summed E-state index contributed by atoms with van der Waals surface area (Å²) in [6.45, 7) is 5.09. The average Bonchev–Trinajstić information content (AvgIpc) is 2.60. The smallest absolute Gasteiger partial charge is 0.253 e. The summed E-state index contributed by atoms with van der Waals surface area (Å²) in [5, 5.41) is 3.59. The van der Waals surface area contributed by atoms with Gasteiger partial charge in [0.1, 0.15) is 11.6 Å². The predicted molar refractivity (Wildman–Crippen MR) is 97.4 cm³/mol. The van der Waals surface area contributed by atoms with Crippen LogP contribution in [0.3, 0.4) is 0 Å². The molecule has 1 aromatic carbocycles. The van der Waals surface area contributed by atoms with Gasteiger partial charge in [0.05, 0.1) is 30.3 Å². The quantitative estimate of drug-likeness (QED) is 0.882. The molecule has 0 radical (unpaired) electrons. The lowest BCUT2D eigenvalue weighted by molar-refractivity contribution is 0.0950. The molecule has 3 rings (SSSR count). The van der Waals surface area contributed by atoms with Gasteiger partial charge in [0, 0.05) is 29.9 Å². The van der Waals surface area contributed by atoms with E-state index in [0.29, 0.717) is 34.6 Å². The third-order valence-corrected chi connectivity index (χ3v) is 4.35. The lowest BCUT2D eigenvalue weighted by Crippen LogP contribution is -2.37. The Morgan fingerprint density at radius 1 is 1.24 bits per heavy atom. The first-order valence-electron chi connectivity index (χ1n) is 7.93. The molecule has 6 nitrogen and oxygen atoms in total. The van der Waals surface area contributed by atoms with Crippen LogP contribution in [-0.2, 0) is 11.3 Å². The summed E-state index contributed by atoms with van der Waals surface area (Å²) in [4.78, 5) is 23.4. The second-order valence-corrected chi connectivity index (χ2v) is 6.53. The minimum absolute atomic E-state index is 0.219. The standard InChI is InChI=1S/C17H18Cl2N4O2/c1-11-8-16(23-4-6-25-7-5-23)22-15(21-11)10-20-17(24)13-3-2-12(18)9-14(13)19/h2-3,8-9H,4-7,10H2,1H3,(H,20,24). The second-order valence-electron chi connectivity index (χ2n) is 5.69. The van der Waals surface area contributed by atoms with Crippen molar-refractivity contribution in [3.05, 3.63) is 51.4 Å². The van der Waals surface area contributed by atoms with Crippen LogP contribution in [0.2, 0.25) is 10.0 Å². The maximum atomic E-state index is 12.3. The molecule has 0 spiro atoms. The summed E-state index contributed by atoms with van der Waals surface area (Å²) in [6.07, 6.45) is 0. The summed E-state index contributed by atoms with van der Waals surface area (Å²) in [7, 11) is 0. The lowest BCUT2D eigenvalue weighted by Gasteiger charge is -2.28. The molecule has 8 heteroatoms. The maximum absolute atomic E-state index is 12.3. The molecule has 132 valence electrons. The second kappa shape index (κ2) is 7.99. The fraction of sp³-hybridized carbons (Fsp3) is 0.353. The number of morpholine rings is 1. The van der Waals surface area contributed by atoms with E-state index in [4.69, 9.17) is 27.9 Å². The van der Waals surface area contributed by atoms with E-state index in [1.165, 1.54) is 6.07 Å². The minimum Gasteiger partial charge on any atom is -0.378 e. The summed E-state index contributed by atoms with van der Waals surface area (Å²) in [5.74, 6) is 1.11. The van der Waals surface area contributed by atoms with Crippen molar-refractivity contribution >= 4 is 34.9 Å². The number of ether oxygens (including phenoxy) is 1. The van der Waals surface area contributed by atoms with Crippen molar-refractivity contribution in [3.8, 4) is 0 Å². The molecule has 25 heavy (non-hydrogen) atoms. The summed E-state index contributed by atoms with van der Waals surface area (Å²) >= 11 is 11.9. The Balaban J connectivity index is 1.70. The molecule has 1 fully saturated rings. The molecule has 0 bridgehead atoms. The molecule has 0 unspecified atom stereocenters. The zero-order valence-electron chi connectivity index (χ0n) is 13.8. The molecule has 0 aliphatic carbocycles. The largest absolute Gasteiger partial charge is 0.378 e. The number of hydrogen-bond donors (Lipinski definition) is 1. The van der Waals surface area contributed by atoms with Gasteiger partial charge in [-0.1, -0.05) is 23.2 Å². The third-order valence-electron chi connectivity index (χ3n) is 3.80.